The monoisotopic (exact) mass is 192 g/mol. The fourth-order valence-electron chi connectivity index (χ4n) is 0.205. The predicted molar refractivity (Wildman–Crippen MR) is 44.1 cm³/mol. The van der Waals surface area contributed by atoms with Gasteiger partial charge in [0.2, 0.25) is 10.5 Å². The summed E-state index contributed by atoms with van der Waals surface area (Å²) in [6.07, 6.45) is 0. The Balaban J connectivity index is 3.63. The van der Waals surface area contributed by atoms with Crippen molar-refractivity contribution in [1.82, 2.24) is 0 Å². The van der Waals surface area contributed by atoms with Crippen LogP contribution in [0.1, 0.15) is 0 Å². The summed E-state index contributed by atoms with van der Waals surface area (Å²) in [6, 6.07) is 0. The predicted octanol–water partition coefficient (Wildman–Crippen LogP) is 0.151. The van der Waals surface area contributed by atoms with Gasteiger partial charge in [0.25, 0.3) is 0 Å². The first-order valence-corrected chi connectivity index (χ1v) is 6.88. The molecule has 0 aromatic rings. The molecule has 3 nitrogen and oxygen atoms in total. The summed E-state index contributed by atoms with van der Waals surface area (Å²) in [6.45, 7) is 4.16. The largest absolute Gasteiger partial charge is 0.529 e. The smallest absolute Gasteiger partial charge is 0.504 e. The summed E-state index contributed by atoms with van der Waals surface area (Å²) in [5, 5.41) is 0. The molecule has 5 radical (unpaired) electrons. The van der Waals surface area contributed by atoms with E-state index in [2.05, 4.69) is 31.8 Å². The van der Waals surface area contributed by atoms with Gasteiger partial charge < -0.3 is 12.3 Å². The number of rotatable bonds is 4. The third kappa shape index (κ3) is 3.64. The van der Waals surface area contributed by atoms with Crippen molar-refractivity contribution >= 4 is 29.1 Å². The molecule has 0 atom stereocenters. The highest BCUT2D eigenvalue weighted by Gasteiger charge is 2.37. The average molecular weight is 192 g/mol. The fourth-order valence-corrected chi connectivity index (χ4v) is 2.22. The summed E-state index contributed by atoms with van der Waals surface area (Å²) in [4.78, 5) is 0. The molecule has 57 valence electrons. The Morgan fingerprint density at radius 3 is 2.20 bits per heavy atom. The fraction of sp³-hybridized carbons (Fsp3) is 1.00. The zero-order chi connectivity index (χ0) is 8.20. The lowest BCUT2D eigenvalue weighted by molar-refractivity contribution is 0.0683. The van der Waals surface area contributed by atoms with E-state index in [-0.39, 0.29) is 10.0 Å². The topological polar surface area (TPSA) is 21.2 Å². The van der Waals surface area contributed by atoms with Gasteiger partial charge in [0.1, 0.15) is 14.2 Å². The van der Waals surface area contributed by atoms with Gasteiger partial charge in [-0.2, -0.15) is 0 Å². The van der Waals surface area contributed by atoms with Crippen molar-refractivity contribution in [2.75, 3.05) is 14.2 Å². The van der Waals surface area contributed by atoms with Crippen LogP contribution in [0.5, 0.6) is 0 Å². The molecule has 0 saturated heterocycles. The first-order valence-electron chi connectivity index (χ1n) is 2.84. The van der Waals surface area contributed by atoms with Crippen LogP contribution in [-0.2, 0) is 12.3 Å². The summed E-state index contributed by atoms with van der Waals surface area (Å²) < 4.78 is 12.9. The molecule has 0 rings (SSSR count). The molecule has 0 aliphatic rings. The molecule has 0 amide bonds. The molecule has 0 bridgehead atoms. The Kier molecular flexibility index (Phi) is 4.65. The highest BCUT2D eigenvalue weighted by molar-refractivity contribution is 6.69. The van der Waals surface area contributed by atoms with Crippen molar-refractivity contribution in [3.8, 4) is 0 Å². The van der Waals surface area contributed by atoms with Gasteiger partial charge in [-0.05, 0) is 0 Å². The molecule has 0 aliphatic carbocycles. The van der Waals surface area contributed by atoms with Gasteiger partial charge in [-0.25, -0.2) is 0 Å². The van der Waals surface area contributed by atoms with Gasteiger partial charge in [0.05, 0.1) is 0 Å². The van der Waals surface area contributed by atoms with Gasteiger partial charge in [0, 0.05) is 13.1 Å². The second-order valence-electron chi connectivity index (χ2n) is 2.50. The van der Waals surface area contributed by atoms with Gasteiger partial charge in [0.15, 0.2) is 0 Å². The van der Waals surface area contributed by atoms with Crippen molar-refractivity contribution in [3.05, 3.63) is 0 Å². The maximum atomic E-state index is 5.42. The Hall–Kier alpha value is 0.531. The minimum absolute atomic E-state index is 0.0719. The van der Waals surface area contributed by atoms with E-state index in [1.165, 1.54) is 0 Å². The molecular formula is C4H12O3Si3+. The lowest BCUT2D eigenvalue weighted by Gasteiger charge is -2.23. The highest BCUT2D eigenvalue weighted by Crippen LogP contribution is 2.09. The molecular weight excluding hydrogens is 180 g/mol. The standard InChI is InChI=1S/C4H12O3Si3/c1-7(2)10(3,4)6-9-5-8/h1-4H3/q+1. The van der Waals surface area contributed by atoms with Crippen LogP contribution in [0.15, 0.2) is 0 Å². The highest BCUT2D eigenvalue weighted by atomic mass is 28.4. The SMILES string of the molecule is C[O+](C)[Si](C)(C)O[Si]O[Si]. The van der Waals surface area contributed by atoms with Crippen LogP contribution in [0.4, 0.5) is 0 Å². The van der Waals surface area contributed by atoms with Crippen molar-refractivity contribution in [3.63, 3.8) is 0 Å². The zero-order valence-electron chi connectivity index (χ0n) is 6.72. The number of hydrogen-bond acceptors (Lipinski definition) is 2. The van der Waals surface area contributed by atoms with Crippen LogP contribution in [-0.4, -0.2) is 43.3 Å². The molecule has 0 aromatic carbocycles. The first-order chi connectivity index (χ1) is 4.50. The third-order valence-corrected chi connectivity index (χ3v) is 5.91. The van der Waals surface area contributed by atoms with Gasteiger partial charge in [-0.3, -0.25) is 0 Å². The summed E-state index contributed by atoms with van der Waals surface area (Å²) >= 11 is 0. The zero-order valence-corrected chi connectivity index (χ0v) is 9.72. The van der Waals surface area contributed by atoms with Crippen LogP contribution >= 0.6 is 0 Å². The van der Waals surface area contributed by atoms with Crippen LogP contribution in [0, 0.1) is 0 Å². The van der Waals surface area contributed by atoms with E-state index >= 15 is 0 Å². The first kappa shape index (κ1) is 10.5. The van der Waals surface area contributed by atoms with Crippen LogP contribution in [0.25, 0.3) is 0 Å². The third-order valence-electron chi connectivity index (χ3n) is 1.31. The molecule has 0 N–H and O–H groups in total. The van der Waals surface area contributed by atoms with Crippen molar-refractivity contribution in [1.29, 1.82) is 0 Å². The minimum atomic E-state index is -1.70. The maximum absolute atomic E-state index is 5.42. The Labute approximate surface area is 69.2 Å². The molecule has 0 aromatic heterocycles. The summed E-state index contributed by atoms with van der Waals surface area (Å²) in [7, 11) is 5.12. The molecule has 0 unspecified atom stereocenters. The second kappa shape index (κ2) is 4.42. The molecule has 6 heteroatoms. The molecule has 0 saturated carbocycles. The molecule has 0 spiro atoms. The van der Waals surface area contributed by atoms with Crippen molar-refractivity contribution in [2.24, 2.45) is 0 Å². The van der Waals surface area contributed by atoms with E-state index in [9.17, 15) is 0 Å². The van der Waals surface area contributed by atoms with E-state index in [0.29, 0.717) is 0 Å². The lowest BCUT2D eigenvalue weighted by atomic mass is 11.6. The Morgan fingerprint density at radius 1 is 1.40 bits per heavy atom. The second-order valence-corrected chi connectivity index (χ2v) is 7.92. The summed E-state index contributed by atoms with van der Waals surface area (Å²) in [5.41, 5.74) is 0. The van der Waals surface area contributed by atoms with Crippen LogP contribution in [0.3, 0.4) is 0 Å². The van der Waals surface area contributed by atoms with Crippen molar-refractivity contribution < 1.29 is 12.3 Å². The van der Waals surface area contributed by atoms with Crippen LogP contribution in [0.2, 0.25) is 13.1 Å². The van der Waals surface area contributed by atoms with Gasteiger partial charge >= 0.3 is 18.6 Å². The quantitative estimate of drug-likeness (QED) is 0.467. The lowest BCUT2D eigenvalue weighted by Crippen LogP contribution is -2.42. The van der Waals surface area contributed by atoms with E-state index in [0.717, 1.165) is 0 Å². The molecule has 0 heterocycles. The normalized spacial score (nSPS) is 12.6. The molecule has 0 aliphatic heterocycles. The number of hydrogen-bond donors (Lipinski definition) is 0. The van der Waals surface area contributed by atoms with E-state index < -0.39 is 8.56 Å². The summed E-state index contributed by atoms with van der Waals surface area (Å²) in [5.74, 6) is 0. The Morgan fingerprint density at radius 2 is 1.90 bits per heavy atom. The van der Waals surface area contributed by atoms with Gasteiger partial charge in [-0.15, -0.1) is 0 Å². The Bertz CT molecular complexity index is 95.7. The van der Waals surface area contributed by atoms with E-state index in [1.54, 1.807) is 0 Å². The molecule has 10 heavy (non-hydrogen) atoms. The van der Waals surface area contributed by atoms with Gasteiger partial charge in [-0.1, -0.05) is 0 Å². The van der Waals surface area contributed by atoms with Crippen molar-refractivity contribution in [2.45, 2.75) is 13.1 Å². The van der Waals surface area contributed by atoms with Crippen LogP contribution < -0.4 is 0 Å². The van der Waals surface area contributed by atoms with E-state index in [4.69, 9.17) is 4.12 Å². The minimum Gasteiger partial charge on any atom is -0.504 e. The molecule has 0 fully saturated rings. The maximum Gasteiger partial charge on any atom is 0.529 e. The average Bonchev–Trinajstić information content (AvgIpc) is 1.84. The van der Waals surface area contributed by atoms with E-state index in [1.807, 2.05) is 14.2 Å².